The second-order valence-corrected chi connectivity index (χ2v) is 4.94. The highest BCUT2D eigenvalue weighted by atomic mass is 16.5. The average molecular weight is 267 g/mol. The lowest BCUT2D eigenvalue weighted by molar-refractivity contribution is 0.0667. The number of carbonyl (C=O) groups is 1. The Labute approximate surface area is 112 Å². The van der Waals surface area contributed by atoms with Crippen molar-refractivity contribution in [1.82, 2.24) is 10.3 Å². The van der Waals surface area contributed by atoms with Crippen molar-refractivity contribution >= 4 is 5.91 Å². The van der Waals surface area contributed by atoms with Crippen molar-refractivity contribution in [3.8, 4) is 0 Å². The number of hydrogen-bond donors (Lipinski definition) is 2. The van der Waals surface area contributed by atoms with Crippen LogP contribution in [0.25, 0.3) is 0 Å². The first-order valence-electron chi connectivity index (χ1n) is 6.54. The molecule has 1 aliphatic rings. The third kappa shape index (κ3) is 3.56. The maximum atomic E-state index is 11.4. The second kappa shape index (κ2) is 6.18. The van der Waals surface area contributed by atoms with Crippen LogP contribution in [0, 0.1) is 6.92 Å². The van der Waals surface area contributed by atoms with Crippen molar-refractivity contribution in [2.75, 3.05) is 19.7 Å². The van der Waals surface area contributed by atoms with Crippen LogP contribution in [-0.4, -0.2) is 36.6 Å². The van der Waals surface area contributed by atoms with Crippen LogP contribution < -0.4 is 11.3 Å². The lowest BCUT2D eigenvalue weighted by Crippen LogP contribution is -2.30. The van der Waals surface area contributed by atoms with E-state index in [4.69, 9.17) is 15.0 Å². The summed E-state index contributed by atoms with van der Waals surface area (Å²) >= 11 is 0. The molecule has 0 aromatic carbocycles. The number of rotatable bonds is 3. The van der Waals surface area contributed by atoms with Gasteiger partial charge in [-0.05, 0) is 26.3 Å². The Morgan fingerprint density at radius 3 is 3.16 bits per heavy atom. The van der Waals surface area contributed by atoms with Crippen LogP contribution >= 0.6 is 0 Å². The van der Waals surface area contributed by atoms with E-state index in [1.165, 1.54) is 0 Å². The number of furan rings is 1. The molecule has 2 heterocycles. The van der Waals surface area contributed by atoms with Gasteiger partial charge < -0.3 is 9.15 Å². The van der Waals surface area contributed by atoms with Crippen molar-refractivity contribution in [2.45, 2.75) is 32.9 Å². The fourth-order valence-corrected chi connectivity index (χ4v) is 2.32. The quantitative estimate of drug-likeness (QED) is 0.481. The van der Waals surface area contributed by atoms with Crippen LogP contribution in [-0.2, 0) is 11.3 Å². The van der Waals surface area contributed by atoms with Crippen LogP contribution in [0.4, 0.5) is 0 Å². The highest BCUT2D eigenvalue weighted by molar-refractivity contribution is 5.91. The number of amides is 1. The van der Waals surface area contributed by atoms with Crippen molar-refractivity contribution in [2.24, 2.45) is 5.84 Å². The fourth-order valence-electron chi connectivity index (χ4n) is 2.32. The fraction of sp³-hybridized carbons (Fsp3) is 0.615. The van der Waals surface area contributed by atoms with Gasteiger partial charge in [0.2, 0.25) is 0 Å². The van der Waals surface area contributed by atoms with Gasteiger partial charge >= 0.3 is 5.91 Å². The van der Waals surface area contributed by atoms with Gasteiger partial charge in [0, 0.05) is 31.8 Å². The number of carbonyl (C=O) groups excluding carboxylic acids is 1. The summed E-state index contributed by atoms with van der Waals surface area (Å²) in [6.07, 6.45) is 1.26. The number of nitrogens with one attached hydrogen (secondary N) is 1. The zero-order valence-electron chi connectivity index (χ0n) is 11.4. The molecule has 0 bridgehead atoms. The summed E-state index contributed by atoms with van der Waals surface area (Å²) in [4.78, 5) is 13.7. The van der Waals surface area contributed by atoms with Crippen molar-refractivity contribution in [3.63, 3.8) is 0 Å². The SMILES string of the molecule is Cc1oc(C(=O)NN)cc1CN1CCCOC(C)C1. The summed E-state index contributed by atoms with van der Waals surface area (Å²) in [5.74, 6) is 5.72. The number of nitrogens with two attached hydrogens (primary N) is 1. The number of nitrogen functional groups attached to an aromatic ring is 1. The van der Waals surface area contributed by atoms with E-state index < -0.39 is 5.91 Å². The first-order chi connectivity index (χ1) is 9.10. The van der Waals surface area contributed by atoms with Gasteiger partial charge in [-0.2, -0.15) is 0 Å². The Morgan fingerprint density at radius 2 is 2.42 bits per heavy atom. The largest absolute Gasteiger partial charge is 0.456 e. The van der Waals surface area contributed by atoms with Gasteiger partial charge in [-0.1, -0.05) is 0 Å². The molecule has 1 atom stereocenters. The number of hydrazine groups is 1. The molecule has 1 amide bonds. The molecular formula is C13H21N3O3. The normalized spacial score (nSPS) is 21.1. The molecule has 19 heavy (non-hydrogen) atoms. The van der Waals surface area contributed by atoms with Crippen molar-refractivity contribution in [1.29, 1.82) is 0 Å². The van der Waals surface area contributed by atoms with E-state index in [0.29, 0.717) is 0 Å². The monoisotopic (exact) mass is 267 g/mol. The molecule has 0 aliphatic carbocycles. The summed E-state index contributed by atoms with van der Waals surface area (Å²) in [6.45, 7) is 7.40. The van der Waals surface area contributed by atoms with Crippen LogP contribution in [0.3, 0.4) is 0 Å². The Bertz CT molecular complexity index is 444. The molecule has 1 unspecified atom stereocenters. The minimum atomic E-state index is -0.401. The van der Waals surface area contributed by atoms with E-state index in [1.807, 2.05) is 6.92 Å². The van der Waals surface area contributed by atoms with Gasteiger partial charge in [0.1, 0.15) is 5.76 Å². The summed E-state index contributed by atoms with van der Waals surface area (Å²) in [5.41, 5.74) is 3.10. The van der Waals surface area contributed by atoms with E-state index in [2.05, 4.69) is 17.2 Å². The average Bonchev–Trinajstić information content (AvgIpc) is 2.61. The lowest BCUT2D eigenvalue weighted by atomic mass is 10.2. The molecule has 2 rings (SSSR count). The van der Waals surface area contributed by atoms with Crippen molar-refractivity contribution in [3.05, 3.63) is 23.2 Å². The Morgan fingerprint density at radius 1 is 1.63 bits per heavy atom. The predicted molar refractivity (Wildman–Crippen MR) is 70.4 cm³/mol. The summed E-state index contributed by atoms with van der Waals surface area (Å²) in [5, 5.41) is 0. The number of nitrogens with zero attached hydrogens (tertiary/aromatic N) is 1. The van der Waals surface area contributed by atoms with Crippen LogP contribution in [0.15, 0.2) is 10.5 Å². The minimum Gasteiger partial charge on any atom is -0.456 e. The standard InChI is InChI=1S/C13H21N3O3/c1-9-7-16(4-3-5-18-9)8-11-6-12(13(17)15-14)19-10(11)2/h6,9H,3-5,7-8,14H2,1-2H3,(H,15,17). The van der Waals surface area contributed by atoms with Gasteiger partial charge in [0.05, 0.1) is 6.10 Å². The van der Waals surface area contributed by atoms with Crippen LogP contribution in [0.2, 0.25) is 0 Å². The number of hydrogen-bond acceptors (Lipinski definition) is 5. The Balaban J connectivity index is 2.05. The highest BCUT2D eigenvalue weighted by Gasteiger charge is 2.19. The second-order valence-electron chi connectivity index (χ2n) is 4.94. The smallest absolute Gasteiger partial charge is 0.300 e. The zero-order chi connectivity index (χ0) is 13.8. The van der Waals surface area contributed by atoms with Gasteiger partial charge in [0.15, 0.2) is 5.76 Å². The van der Waals surface area contributed by atoms with E-state index in [1.54, 1.807) is 6.07 Å². The van der Waals surface area contributed by atoms with Crippen LogP contribution in [0.5, 0.6) is 0 Å². The predicted octanol–water partition coefficient (Wildman–Crippen LogP) is 0.802. The van der Waals surface area contributed by atoms with Gasteiger partial charge in [-0.25, -0.2) is 5.84 Å². The maximum absolute atomic E-state index is 11.4. The van der Waals surface area contributed by atoms with Gasteiger partial charge in [-0.15, -0.1) is 0 Å². The number of ether oxygens (including phenoxy) is 1. The molecular weight excluding hydrogens is 246 g/mol. The summed E-state index contributed by atoms with van der Waals surface area (Å²) in [7, 11) is 0. The molecule has 106 valence electrons. The summed E-state index contributed by atoms with van der Waals surface area (Å²) in [6, 6.07) is 1.76. The molecule has 1 aromatic rings. The van der Waals surface area contributed by atoms with Gasteiger partial charge in [0.25, 0.3) is 0 Å². The molecule has 1 fully saturated rings. The van der Waals surface area contributed by atoms with Crippen molar-refractivity contribution < 1.29 is 13.9 Å². The molecule has 6 nitrogen and oxygen atoms in total. The molecule has 1 saturated heterocycles. The van der Waals surface area contributed by atoms with Gasteiger partial charge in [-0.3, -0.25) is 15.1 Å². The first-order valence-corrected chi connectivity index (χ1v) is 6.54. The van der Waals surface area contributed by atoms with E-state index in [0.717, 1.165) is 44.0 Å². The molecule has 1 aliphatic heterocycles. The molecule has 6 heteroatoms. The van der Waals surface area contributed by atoms with Crippen LogP contribution in [0.1, 0.15) is 35.2 Å². The minimum absolute atomic E-state index is 0.238. The molecule has 3 N–H and O–H groups in total. The maximum Gasteiger partial charge on any atom is 0.300 e. The molecule has 0 radical (unpaired) electrons. The molecule has 0 saturated carbocycles. The zero-order valence-corrected chi connectivity index (χ0v) is 11.4. The molecule has 0 spiro atoms. The topological polar surface area (TPSA) is 80.7 Å². The molecule has 1 aromatic heterocycles. The lowest BCUT2D eigenvalue weighted by Gasteiger charge is -2.21. The Hall–Kier alpha value is -1.37. The number of aryl methyl sites for hydroxylation is 1. The van der Waals surface area contributed by atoms with E-state index >= 15 is 0 Å². The van der Waals surface area contributed by atoms with E-state index in [9.17, 15) is 4.79 Å². The van der Waals surface area contributed by atoms with E-state index in [-0.39, 0.29) is 11.9 Å². The highest BCUT2D eigenvalue weighted by Crippen LogP contribution is 2.18. The first kappa shape index (κ1) is 14.0. The third-order valence-electron chi connectivity index (χ3n) is 3.31. The summed E-state index contributed by atoms with van der Waals surface area (Å²) < 4.78 is 11.0. The Kier molecular flexibility index (Phi) is 4.57. The third-order valence-corrected chi connectivity index (χ3v) is 3.31.